The van der Waals surface area contributed by atoms with Crippen LogP contribution in [0, 0.1) is 5.92 Å². The molecule has 0 bridgehead atoms. The number of hydrogen-bond acceptors (Lipinski definition) is 7. The molecule has 11 nitrogen and oxygen atoms in total. The molecule has 1 aliphatic carbocycles. The van der Waals surface area contributed by atoms with Gasteiger partial charge in [-0.05, 0) is 19.3 Å². The highest BCUT2D eigenvalue weighted by atomic mass is 16.5. The van der Waals surface area contributed by atoms with E-state index >= 15 is 0 Å². The van der Waals surface area contributed by atoms with Crippen molar-refractivity contribution in [2.24, 2.45) is 17.4 Å². The van der Waals surface area contributed by atoms with Crippen molar-refractivity contribution >= 4 is 23.7 Å². The second kappa shape index (κ2) is 6.73. The molecule has 11 heteroatoms. The van der Waals surface area contributed by atoms with Gasteiger partial charge in [0.15, 0.2) is 17.4 Å². The van der Waals surface area contributed by atoms with E-state index in [4.69, 9.17) is 16.2 Å². The number of methoxy groups -OCH3 is 1. The van der Waals surface area contributed by atoms with Gasteiger partial charge in [-0.2, -0.15) is 0 Å². The molecule has 3 amide bonds. The third-order valence-corrected chi connectivity index (χ3v) is 5.02. The van der Waals surface area contributed by atoms with Crippen LogP contribution in [0.1, 0.15) is 52.7 Å². The molecule has 1 saturated heterocycles. The van der Waals surface area contributed by atoms with Gasteiger partial charge in [0.25, 0.3) is 11.8 Å². The van der Waals surface area contributed by atoms with Crippen molar-refractivity contribution in [1.82, 2.24) is 19.9 Å². The van der Waals surface area contributed by atoms with Gasteiger partial charge in [0, 0.05) is 12.5 Å². The monoisotopic (exact) mass is 364 g/mol. The smallest absolute Gasteiger partial charge is 0.330 e. The summed E-state index contributed by atoms with van der Waals surface area (Å²) in [6, 6.07) is -1.71. The summed E-state index contributed by atoms with van der Waals surface area (Å²) in [5.74, 6) is -2.76. The molecule has 2 fully saturated rings. The van der Waals surface area contributed by atoms with Crippen molar-refractivity contribution in [2.45, 2.75) is 37.8 Å². The van der Waals surface area contributed by atoms with Crippen molar-refractivity contribution in [3.05, 3.63) is 11.4 Å². The minimum Gasteiger partial charge on any atom is -0.467 e. The minimum absolute atomic E-state index is 0.103. The fourth-order valence-electron chi connectivity index (χ4n) is 3.50. The van der Waals surface area contributed by atoms with Crippen molar-refractivity contribution in [2.75, 3.05) is 13.7 Å². The van der Waals surface area contributed by atoms with Crippen LogP contribution >= 0.6 is 0 Å². The number of rotatable bonds is 5. The highest BCUT2D eigenvalue weighted by Crippen LogP contribution is 2.35. The van der Waals surface area contributed by atoms with Crippen LogP contribution in [-0.2, 0) is 14.3 Å². The Hall–Kier alpha value is -2.98. The summed E-state index contributed by atoms with van der Waals surface area (Å²) in [5.41, 5.74) is 9.90. The fourth-order valence-corrected chi connectivity index (χ4v) is 3.50. The lowest BCUT2D eigenvalue weighted by Crippen LogP contribution is -2.48. The molecular formula is C15H20N6O5. The van der Waals surface area contributed by atoms with Crippen LogP contribution in [0.15, 0.2) is 0 Å². The molecule has 2 aliphatic rings. The molecule has 3 rings (SSSR count). The summed E-state index contributed by atoms with van der Waals surface area (Å²) in [4.78, 5) is 49.8. The molecule has 1 aliphatic heterocycles. The van der Waals surface area contributed by atoms with Crippen LogP contribution in [0.4, 0.5) is 0 Å². The van der Waals surface area contributed by atoms with E-state index in [0.29, 0.717) is 13.0 Å². The third kappa shape index (κ3) is 2.78. The molecule has 4 N–H and O–H groups in total. The van der Waals surface area contributed by atoms with E-state index in [1.807, 2.05) is 0 Å². The summed E-state index contributed by atoms with van der Waals surface area (Å²) in [6.45, 7) is 0.295. The molecule has 2 unspecified atom stereocenters. The van der Waals surface area contributed by atoms with Gasteiger partial charge in [-0.25, -0.2) is 9.48 Å². The Morgan fingerprint density at radius 3 is 2.31 bits per heavy atom. The Bertz CT molecular complexity index is 771. The minimum atomic E-state index is -0.978. The SMILES string of the molecule is COC(=O)C1C(n2nnc(C(N)=O)c2C(N)=O)CCN1C(=O)C1CCC1. The quantitative estimate of drug-likeness (QED) is 0.606. The molecule has 1 aromatic heterocycles. The van der Waals surface area contributed by atoms with Gasteiger partial charge in [-0.15, -0.1) is 5.10 Å². The topological polar surface area (TPSA) is 164 Å². The lowest BCUT2D eigenvalue weighted by atomic mass is 9.84. The molecule has 2 atom stereocenters. The molecule has 26 heavy (non-hydrogen) atoms. The van der Waals surface area contributed by atoms with Crippen LogP contribution in [-0.4, -0.2) is 63.3 Å². The highest BCUT2D eigenvalue weighted by molar-refractivity contribution is 6.03. The third-order valence-electron chi connectivity index (χ3n) is 5.02. The number of esters is 1. The van der Waals surface area contributed by atoms with Crippen LogP contribution in [0.3, 0.4) is 0 Å². The van der Waals surface area contributed by atoms with E-state index in [1.165, 1.54) is 12.0 Å². The van der Waals surface area contributed by atoms with E-state index in [0.717, 1.165) is 23.9 Å². The van der Waals surface area contributed by atoms with Crippen LogP contribution in [0.5, 0.6) is 0 Å². The summed E-state index contributed by atoms with van der Waals surface area (Å²) in [5, 5.41) is 7.42. The van der Waals surface area contributed by atoms with E-state index in [9.17, 15) is 19.2 Å². The lowest BCUT2D eigenvalue weighted by molar-refractivity contribution is -0.154. The molecule has 1 saturated carbocycles. The summed E-state index contributed by atoms with van der Waals surface area (Å²) < 4.78 is 5.96. The van der Waals surface area contributed by atoms with E-state index in [2.05, 4.69) is 10.3 Å². The van der Waals surface area contributed by atoms with Crippen molar-refractivity contribution in [3.8, 4) is 0 Å². The number of ether oxygens (including phenoxy) is 1. The first kappa shape index (κ1) is 17.8. The Labute approximate surface area is 148 Å². The average Bonchev–Trinajstić information content (AvgIpc) is 3.15. The first-order valence-electron chi connectivity index (χ1n) is 8.30. The maximum atomic E-state index is 12.7. The molecule has 140 valence electrons. The largest absolute Gasteiger partial charge is 0.467 e. The van der Waals surface area contributed by atoms with Gasteiger partial charge in [0.1, 0.15) is 0 Å². The normalized spacial score (nSPS) is 22.7. The predicted octanol–water partition coefficient (Wildman–Crippen LogP) is -1.41. The number of carbonyl (C=O) groups excluding carboxylic acids is 4. The molecule has 1 aromatic rings. The van der Waals surface area contributed by atoms with Gasteiger partial charge < -0.3 is 21.1 Å². The second-order valence-corrected chi connectivity index (χ2v) is 6.44. The Morgan fingerprint density at radius 2 is 1.81 bits per heavy atom. The standard InChI is InChI=1S/C15H20N6O5/c1-26-15(25)10-8(5-6-20(10)14(24)7-3-2-4-7)21-11(13(17)23)9(12(16)22)18-19-21/h7-8,10H,2-6H2,1H3,(H2,16,22)(H2,17,23). The first-order chi connectivity index (χ1) is 12.4. The number of likely N-dealkylation sites (tertiary alicyclic amines) is 1. The maximum absolute atomic E-state index is 12.7. The first-order valence-corrected chi connectivity index (χ1v) is 8.30. The van der Waals surface area contributed by atoms with Gasteiger partial charge >= 0.3 is 5.97 Å². The molecule has 0 aromatic carbocycles. The second-order valence-electron chi connectivity index (χ2n) is 6.44. The van der Waals surface area contributed by atoms with Gasteiger partial charge in [0.05, 0.1) is 13.2 Å². The van der Waals surface area contributed by atoms with Crippen molar-refractivity contribution in [3.63, 3.8) is 0 Å². The highest BCUT2D eigenvalue weighted by Gasteiger charge is 2.47. The number of aromatic nitrogens is 3. The van der Waals surface area contributed by atoms with Crippen molar-refractivity contribution < 1.29 is 23.9 Å². The van der Waals surface area contributed by atoms with Gasteiger partial charge in [0.2, 0.25) is 5.91 Å². The fraction of sp³-hybridized carbons (Fsp3) is 0.600. The Morgan fingerprint density at radius 1 is 1.12 bits per heavy atom. The molecule has 0 radical (unpaired) electrons. The number of nitrogens with two attached hydrogens (primary N) is 2. The van der Waals surface area contributed by atoms with Gasteiger partial charge in [-0.1, -0.05) is 11.6 Å². The summed E-state index contributed by atoms with van der Waals surface area (Å²) in [6.07, 6.45) is 2.89. The van der Waals surface area contributed by atoms with Crippen molar-refractivity contribution in [1.29, 1.82) is 0 Å². The molecule has 2 heterocycles. The zero-order valence-corrected chi connectivity index (χ0v) is 14.3. The summed E-state index contributed by atoms with van der Waals surface area (Å²) >= 11 is 0. The zero-order chi connectivity index (χ0) is 19.0. The maximum Gasteiger partial charge on any atom is 0.330 e. The molecule has 0 spiro atoms. The number of amides is 3. The van der Waals surface area contributed by atoms with Crippen LogP contribution in [0.25, 0.3) is 0 Å². The Balaban J connectivity index is 1.99. The van der Waals surface area contributed by atoms with E-state index in [1.54, 1.807) is 0 Å². The number of primary amides is 2. The Kier molecular flexibility index (Phi) is 4.62. The molecular weight excluding hydrogens is 344 g/mol. The van der Waals surface area contributed by atoms with E-state index < -0.39 is 29.9 Å². The lowest BCUT2D eigenvalue weighted by Gasteiger charge is -2.32. The number of hydrogen-bond donors (Lipinski definition) is 2. The van der Waals surface area contributed by atoms with Gasteiger partial charge in [-0.3, -0.25) is 14.4 Å². The summed E-state index contributed by atoms with van der Waals surface area (Å²) in [7, 11) is 1.22. The average molecular weight is 364 g/mol. The van der Waals surface area contributed by atoms with E-state index in [-0.39, 0.29) is 23.2 Å². The van der Waals surface area contributed by atoms with Crippen LogP contribution < -0.4 is 11.5 Å². The number of nitrogens with zero attached hydrogens (tertiary/aromatic N) is 4. The number of carbonyl (C=O) groups is 4. The predicted molar refractivity (Wildman–Crippen MR) is 85.6 cm³/mol. The van der Waals surface area contributed by atoms with Crippen LogP contribution in [0.2, 0.25) is 0 Å². The zero-order valence-electron chi connectivity index (χ0n) is 14.3.